The largest absolute Gasteiger partial charge is 0.445 e. The van der Waals surface area contributed by atoms with E-state index in [9.17, 15) is 0 Å². The summed E-state index contributed by atoms with van der Waals surface area (Å²) in [4.78, 5) is 15.0. The average Bonchev–Trinajstić information content (AvgIpc) is 3.87. The minimum atomic E-state index is -3.04. The number of benzene rings is 2. The van der Waals surface area contributed by atoms with Crippen molar-refractivity contribution in [1.29, 1.82) is 0 Å². The quantitative estimate of drug-likeness (QED) is 0.206. The van der Waals surface area contributed by atoms with Gasteiger partial charge in [-0.3, -0.25) is 0 Å². The normalized spacial score (nSPS) is 27.3. The van der Waals surface area contributed by atoms with Crippen LogP contribution in [0.2, 0.25) is 5.04 Å². The SMILES string of the molecule is CO[C@@]1(C)O[C@H]([C@H]2CC(c3coc([C@@H](O[Si](c4ccccc4)(c4ccccc4)C(C)(C)C)c4cnco4)n3)=NO2)[C@@H](C)O[C@]1(C)OC. The van der Waals surface area contributed by atoms with Gasteiger partial charge in [-0.1, -0.05) is 86.6 Å². The maximum Gasteiger partial charge on any atom is 0.262 e. The van der Waals surface area contributed by atoms with Crippen LogP contribution >= 0.6 is 0 Å². The minimum Gasteiger partial charge on any atom is -0.445 e. The lowest BCUT2D eigenvalue weighted by atomic mass is 9.98. The van der Waals surface area contributed by atoms with Gasteiger partial charge in [0.1, 0.15) is 23.8 Å². The first-order valence-electron chi connectivity index (χ1n) is 15.8. The predicted octanol–water partition coefficient (Wildman–Crippen LogP) is 5.35. The van der Waals surface area contributed by atoms with Gasteiger partial charge in [-0.25, -0.2) is 9.97 Å². The molecule has 2 aromatic heterocycles. The number of ether oxygens (including phenoxy) is 4. The third-order valence-corrected chi connectivity index (χ3v) is 14.4. The molecule has 0 radical (unpaired) electrons. The van der Waals surface area contributed by atoms with Crippen molar-refractivity contribution in [2.45, 2.75) is 89.0 Å². The zero-order valence-electron chi connectivity index (χ0n) is 28.1. The van der Waals surface area contributed by atoms with Crippen molar-refractivity contribution in [2.24, 2.45) is 5.16 Å². The van der Waals surface area contributed by atoms with E-state index in [1.807, 2.05) is 43.3 Å². The highest BCUT2D eigenvalue weighted by Crippen LogP contribution is 2.43. The molecule has 250 valence electrons. The number of rotatable bonds is 10. The Bertz CT molecular complexity index is 1620. The summed E-state index contributed by atoms with van der Waals surface area (Å²) >= 11 is 0. The Morgan fingerprint density at radius 3 is 2.06 bits per heavy atom. The molecule has 0 aliphatic carbocycles. The van der Waals surface area contributed by atoms with Gasteiger partial charge in [0.25, 0.3) is 8.32 Å². The monoisotopic (exact) mass is 661 g/mol. The van der Waals surface area contributed by atoms with Crippen LogP contribution in [0.5, 0.6) is 0 Å². The van der Waals surface area contributed by atoms with Crippen LogP contribution in [0.1, 0.15) is 71.4 Å². The standard InChI is InChI=1S/C35H43N3O8Si/c1-23-30(44-35(6,40-8)34(5,39-7)43-23)28-19-26(38-45-28)27-21-41-32(37-27)31(29-20-36-22-42-29)46-47(33(2,3)4,24-15-11-9-12-16-24)25-17-13-10-14-18-25/h9-18,20-23,28,30-31H,19H2,1-8H3/t23-,28-,30+,31+,34+,35+/m1/s1. The van der Waals surface area contributed by atoms with E-state index in [0.29, 0.717) is 29.5 Å². The number of methoxy groups -OCH3 is 2. The predicted molar refractivity (Wildman–Crippen MR) is 176 cm³/mol. The van der Waals surface area contributed by atoms with E-state index in [1.54, 1.807) is 40.5 Å². The molecule has 0 amide bonds. The van der Waals surface area contributed by atoms with E-state index in [-0.39, 0.29) is 11.1 Å². The molecule has 1 fully saturated rings. The first kappa shape index (κ1) is 33.3. The van der Waals surface area contributed by atoms with E-state index in [0.717, 1.165) is 10.4 Å². The van der Waals surface area contributed by atoms with Crippen LogP contribution in [0.4, 0.5) is 0 Å². The Kier molecular flexibility index (Phi) is 9.02. The lowest BCUT2D eigenvalue weighted by Gasteiger charge is -2.52. The second-order valence-electron chi connectivity index (χ2n) is 13.2. The molecule has 12 heteroatoms. The van der Waals surface area contributed by atoms with Crippen molar-refractivity contribution in [3.8, 4) is 0 Å². The van der Waals surface area contributed by atoms with Crippen LogP contribution in [0.15, 0.2) is 93.5 Å². The number of oxime groups is 1. The molecule has 0 unspecified atom stereocenters. The second kappa shape index (κ2) is 12.8. The minimum absolute atomic E-state index is 0.297. The van der Waals surface area contributed by atoms with Crippen molar-refractivity contribution in [3.05, 3.63) is 96.9 Å². The van der Waals surface area contributed by atoms with Crippen LogP contribution in [0, 0.1) is 0 Å². The maximum atomic E-state index is 7.39. The molecule has 6 atom stereocenters. The summed E-state index contributed by atoms with van der Waals surface area (Å²) in [6.07, 6.45) is 2.91. The second-order valence-corrected chi connectivity index (χ2v) is 17.5. The van der Waals surface area contributed by atoms with Gasteiger partial charge in [-0.2, -0.15) is 0 Å². The van der Waals surface area contributed by atoms with Gasteiger partial charge in [0, 0.05) is 20.6 Å². The first-order valence-corrected chi connectivity index (χ1v) is 17.7. The molecule has 11 nitrogen and oxygen atoms in total. The molecule has 4 aromatic rings. The topological polar surface area (TPSA) is 120 Å². The summed E-state index contributed by atoms with van der Waals surface area (Å²) in [5.41, 5.74) is 1.14. The van der Waals surface area contributed by atoms with Crippen LogP contribution < -0.4 is 10.4 Å². The zero-order chi connectivity index (χ0) is 33.5. The van der Waals surface area contributed by atoms with Gasteiger partial charge in [0.05, 0.1) is 12.3 Å². The van der Waals surface area contributed by atoms with Gasteiger partial charge >= 0.3 is 0 Å². The molecule has 2 aromatic carbocycles. The molecule has 2 aliphatic heterocycles. The molecule has 0 spiro atoms. The van der Waals surface area contributed by atoms with E-state index < -0.39 is 38.2 Å². The molecule has 4 heterocycles. The highest BCUT2D eigenvalue weighted by molar-refractivity contribution is 6.99. The average molecular weight is 662 g/mol. The summed E-state index contributed by atoms with van der Waals surface area (Å²) < 4.78 is 43.4. The molecule has 0 N–H and O–H groups in total. The van der Waals surface area contributed by atoms with Gasteiger partial charge in [0.15, 0.2) is 24.4 Å². The molecular formula is C35H43N3O8Si. The fourth-order valence-corrected chi connectivity index (χ4v) is 11.1. The first-order chi connectivity index (χ1) is 22.4. The van der Waals surface area contributed by atoms with Crippen molar-refractivity contribution in [1.82, 2.24) is 9.97 Å². The summed E-state index contributed by atoms with van der Waals surface area (Å²) in [6.45, 7) is 12.1. The highest BCUT2D eigenvalue weighted by atomic mass is 28.4. The third-order valence-electron chi connectivity index (χ3n) is 9.36. The Hall–Kier alpha value is -3.65. The molecular weight excluding hydrogens is 618 g/mol. The maximum absolute atomic E-state index is 7.39. The highest BCUT2D eigenvalue weighted by Gasteiger charge is 2.58. The number of hydrogen-bond donors (Lipinski definition) is 0. The van der Waals surface area contributed by atoms with Crippen molar-refractivity contribution in [3.63, 3.8) is 0 Å². The fourth-order valence-electron chi connectivity index (χ4n) is 6.55. The molecule has 47 heavy (non-hydrogen) atoms. The molecule has 2 aliphatic rings. The van der Waals surface area contributed by atoms with E-state index in [4.69, 9.17) is 42.0 Å². The van der Waals surface area contributed by atoms with E-state index >= 15 is 0 Å². The lowest BCUT2D eigenvalue weighted by Crippen LogP contribution is -2.67. The molecule has 0 bridgehead atoms. The van der Waals surface area contributed by atoms with E-state index in [2.05, 4.69) is 55.2 Å². The zero-order valence-corrected chi connectivity index (χ0v) is 29.1. The lowest BCUT2D eigenvalue weighted by molar-refractivity contribution is -0.452. The van der Waals surface area contributed by atoms with Gasteiger partial charge in [-0.05, 0) is 36.2 Å². The summed E-state index contributed by atoms with van der Waals surface area (Å²) in [5, 5.41) is 6.32. The summed E-state index contributed by atoms with van der Waals surface area (Å²) in [7, 11) is 0.0770. The number of hydrogen-bond acceptors (Lipinski definition) is 11. The smallest absolute Gasteiger partial charge is 0.262 e. The Morgan fingerprint density at radius 1 is 0.894 bits per heavy atom. The van der Waals surface area contributed by atoms with Crippen LogP contribution in [-0.4, -0.2) is 68.1 Å². The summed E-state index contributed by atoms with van der Waals surface area (Å²) in [6, 6.07) is 20.7. The number of nitrogens with zero attached hydrogens (tertiary/aromatic N) is 3. The number of oxazole rings is 2. The van der Waals surface area contributed by atoms with Crippen LogP contribution in [0.25, 0.3) is 0 Å². The van der Waals surface area contributed by atoms with Gasteiger partial charge < -0.3 is 37.0 Å². The third kappa shape index (κ3) is 5.87. The fraction of sp³-hybridized carbons (Fsp3) is 0.457. The molecule has 0 saturated carbocycles. The van der Waals surface area contributed by atoms with Crippen LogP contribution in [-0.2, 0) is 28.2 Å². The van der Waals surface area contributed by atoms with E-state index in [1.165, 1.54) is 6.39 Å². The summed E-state index contributed by atoms with van der Waals surface area (Å²) in [5.74, 6) is -1.48. The van der Waals surface area contributed by atoms with Crippen molar-refractivity contribution in [2.75, 3.05) is 14.2 Å². The van der Waals surface area contributed by atoms with Crippen molar-refractivity contribution >= 4 is 24.4 Å². The number of aromatic nitrogens is 2. The Morgan fingerprint density at radius 2 is 1.51 bits per heavy atom. The molecule has 6 rings (SSSR count). The van der Waals surface area contributed by atoms with Gasteiger partial charge in [0.2, 0.25) is 17.5 Å². The molecule has 1 saturated heterocycles. The van der Waals surface area contributed by atoms with Crippen LogP contribution in [0.3, 0.4) is 0 Å². The van der Waals surface area contributed by atoms with Crippen molar-refractivity contribution < 1.29 is 37.0 Å². The Balaban J connectivity index is 1.31. The Labute approximate surface area is 276 Å². The van der Waals surface area contributed by atoms with Gasteiger partial charge in [-0.15, -0.1) is 0 Å².